The highest BCUT2D eigenvalue weighted by molar-refractivity contribution is 5.99. The van der Waals surface area contributed by atoms with Crippen LogP contribution in [-0.4, -0.2) is 34.6 Å². The molecule has 2 aliphatic rings. The van der Waals surface area contributed by atoms with E-state index in [1.54, 1.807) is 0 Å². The average molecular weight is 324 g/mol. The zero-order valence-corrected chi connectivity index (χ0v) is 14.1. The van der Waals surface area contributed by atoms with Crippen molar-refractivity contribution in [2.75, 3.05) is 18.0 Å². The van der Waals surface area contributed by atoms with Crippen molar-refractivity contribution in [3.05, 3.63) is 48.0 Å². The molecule has 0 radical (unpaired) electrons. The highest BCUT2D eigenvalue weighted by Gasteiger charge is 2.33. The fourth-order valence-corrected chi connectivity index (χ4v) is 3.84. The van der Waals surface area contributed by atoms with Gasteiger partial charge in [0, 0.05) is 43.6 Å². The lowest BCUT2D eigenvalue weighted by molar-refractivity contribution is -0.118. The molecule has 2 aliphatic heterocycles. The van der Waals surface area contributed by atoms with Crippen LogP contribution in [0.15, 0.2) is 36.7 Å². The molecule has 3 heterocycles. The van der Waals surface area contributed by atoms with Gasteiger partial charge < -0.3 is 14.8 Å². The summed E-state index contributed by atoms with van der Waals surface area (Å²) in [5, 5.41) is 3.50. The number of aryl methyl sites for hydroxylation is 2. The molecule has 1 amide bonds. The Balaban J connectivity index is 1.39. The molecule has 0 saturated carbocycles. The lowest BCUT2D eigenvalue weighted by Gasteiger charge is -2.25. The number of imidazole rings is 1. The highest BCUT2D eigenvalue weighted by atomic mass is 16.2. The van der Waals surface area contributed by atoms with Gasteiger partial charge in [-0.3, -0.25) is 4.79 Å². The van der Waals surface area contributed by atoms with Crippen LogP contribution in [-0.2, 0) is 11.3 Å². The average Bonchev–Trinajstić information content (AvgIpc) is 3.21. The molecule has 0 bridgehead atoms. The predicted octanol–water partition coefficient (Wildman–Crippen LogP) is 2.46. The van der Waals surface area contributed by atoms with Crippen molar-refractivity contribution in [2.24, 2.45) is 0 Å². The molecular weight excluding hydrogens is 300 g/mol. The number of fused-ring (bicyclic) bond motifs is 1. The van der Waals surface area contributed by atoms with Gasteiger partial charge in [0.2, 0.25) is 5.91 Å². The van der Waals surface area contributed by atoms with E-state index in [0.29, 0.717) is 5.92 Å². The fraction of sp³-hybridized carbons (Fsp3) is 0.474. The van der Waals surface area contributed by atoms with Crippen LogP contribution >= 0.6 is 0 Å². The maximum Gasteiger partial charge on any atom is 0.244 e. The number of carbonyl (C=O) groups is 1. The third kappa shape index (κ3) is 2.84. The first-order valence-corrected chi connectivity index (χ1v) is 8.85. The largest absolute Gasteiger partial charge is 0.335 e. The fourth-order valence-electron chi connectivity index (χ4n) is 3.84. The topological polar surface area (TPSA) is 50.2 Å². The Kier molecular flexibility index (Phi) is 4.10. The molecule has 0 aliphatic carbocycles. The Bertz CT molecular complexity index is 721. The van der Waals surface area contributed by atoms with Crippen LogP contribution in [0.1, 0.15) is 36.6 Å². The smallest absolute Gasteiger partial charge is 0.244 e. The van der Waals surface area contributed by atoms with Gasteiger partial charge in [0.1, 0.15) is 5.82 Å². The molecule has 4 rings (SSSR count). The molecule has 126 valence electrons. The summed E-state index contributed by atoms with van der Waals surface area (Å²) in [7, 11) is 0. The summed E-state index contributed by atoms with van der Waals surface area (Å²) >= 11 is 0. The minimum absolute atomic E-state index is 0.0726. The minimum Gasteiger partial charge on any atom is -0.335 e. The molecule has 1 aromatic carbocycles. The van der Waals surface area contributed by atoms with Gasteiger partial charge in [-0.25, -0.2) is 4.98 Å². The maximum atomic E-state index is 12.7. The SMILES string of the molecule is Cc1ccc(N2CC[C@@H](NC[C@@H]3CCCn4ccnc43)C2=O)cc1. The van der Waals surface area contributed by atoms with Gasteiger partial charge in [-0.05, 0) is 38.3 Å². The van der Waals surface area contributed by atoms with Crippen LogP contribution in [0.2, 0.25) is 0 Å². The summed E-state index contributed by atoms with van der Waals surface area (Å²) in [6.45, 7) is 4.75. The van der Waals surface area contributed by atoms with Gasteiger partial charge in [0.05, 0.1) is 6.04 Å². The molecule has 0 unspecified atom stereocenters. The van der Waals surface area contributed by atoms with Gasteiger partial charge in [0.25, 0.3) is 0 Å². The number of hydrogen-bond acceptors (Lipinski definition) is 3. The molecule has 0 spiro atoms. The van der Waals surface area contributed by atoms with Crippen LogP contribution in [0.25, 0.3) is 0 Å². The zero-order chi connectivity index (χ0) is 16.5. The monoisotopic (exact) mass is 324 g/mol. The van der Waals surface area contributed by atoms with Gasteiger partial charge >= 0.3 is 0 Å². The number of benzene rings is 1. The number of nitrogens with zero attached hydrogens (tertiary/aromatic N) is 3. The first kappa shape index (κ1) is 15.4. The number of aromatic nitrogens is 2. The van der Waals surface area contributed by atoms with Crippen molar-refractivity contribution in [2.45, 2.75) is 44.7 Å². The molecule has 1 aromatic heterocycles. The molecule has 5 nitrogen and oxygen atoms in total. The lowest BCUT2D eigenvalue weighted by Crippen LogP contribution is -2.40. The summed E-state index contributed by atoms with van der Waals surface area (Å²) in [4.78, 5) is 19.1. The van der Waals surface area contributed by atoms with Crippen molar-refractivity contribution >= 4 is 11.6 Å². The number of hydrogen-bond donors (Lipinski definition) is 1. The number of rotatable bonds is 4. The molecule has 2 aromatic rings. The second-order valence-corrected chi connectivity index (χ2v) is 6.89. The molecule has 1 saturated heterocycles. The number of amides is 1. The van der Waals surface area contributed by atoms with Crippen LogP contribution in [0.5, 0.6) is 0 Å². The summed E-state index contributed by atoms with van der Waals surface area (Å²) in [5.74, 6) is 1.77. The van der Waals surface area contributed by atoms with E-state index in [9.17, 15) is 4.79 Å². The standard InChI is InChI=1S/C19H24N4O/c1-14-4-6-16(7-5-14)23-11-8-17(19(23)24)21-13-15-3-2-10-22-12-9-20-18(15)22/h4-7,9,12,15,17,21H,2-3,8,10-11,13H2,1H3/t15-,17+/m0/s1. The van der Waals surface area contributed by atoms with Gasteiger partial charge in [0.15, 0.2) is 0 Å². The first-order chi connectivity index (χ1) is 11.7. The number of anilines is 1. The number of carbonyl (C=O) groups excluding carboxylic acids is 1. The number of nitrogens with one attached hydrogen (secondary N) is 1. The maximum absolute atomic E-state index is 12.7. The molecular formula is C19H24N4O. The van der Waals surface area contributed by atoms with Crippen molar-refractivity contribution in [1.29, 1.82) is 0 Å². The van der Waals surface area contributed by atoms with Crippen LogP contribution < -0.4 is 10.2 Å². The Morgan fingerprint density at radius 1 is 1.21 bits per heavy atom. The molecule has 5 heteroatoms. The van der Waals surface area contributed by atoms with E-state index in [1.807, 2.05) is 23.2 Å². The summed E-state index contributed by atoms with van der Waals surface area (Å²) in [5.41, 5.74) is 2.22. The third-order valence-corrected chi connectivity index (χ3v) is 5.23. The van der Waals surface area contributed by atoms with Crippen molar-refractivity contribution < 1.29 is 4.79 Å². The summed E-state index contributed by atoms with van der Waals surface area (Å²) in [6.07, 6.45) is 7.14. The van der Waals surface area contributed by atoms with E-state index in [2.05, 4.69) is 40.1 Å². The zero-order valence-electron chi connectivity index (χ0n) is 14.1. The Hall–Kier alpha value is -2.14. The van der Waals surface area contributed by atoms with E-state index in [1.165, 1.54) is 12.0 Å². The van der Waals surface area contributed by atoms with Crippen LogP contribution in [0.4, 0.5) is 5.69 Å². The third-order valence-electron chi connectivity index (χ3n) is 5.23. The first-order valence-electron chi connectivity index (χ1n) is 8.85. The van der Waals surface area contributed by atoms with E-state index in [4.69, 9.17) is 0 Å². The minimum atomic E-state index is -0.0726. The summed E-state index contributed by atoms with van der Waals surface area (Å²) in [6, 6.07) is 8.12. The van der Waals surface area contributed by atoms with Crippen LogP contribution in [0.3, 0.4) is 0 Å². The van der Waals surface area contributed by atoms with Gasteiger partial charge in [-0.2, -0.15) is 0 Å². The van der Waals surface area contributed by atoms with Crippen molar-refractivity contribution in [3.63, 3.8) is 0 Å². The second-order valence-electron chi connectivity index (χ2n) is 6.89. The Morgan fingerprint density at radius 3 is 2.88 bits per heavy atom. The summed E-state index contributed by atoms with van der Waals surface area (Å²) < 4.78 is 2.24. The normalized spacial score (nSPS) is 23.5. The van der Waals surface area contributed by atoms with Crippen molar-refractivity contribution in [1.82, 2.24) is 14.9 Å². The van der Waals surface area contributed by atoms with E-state index < -0.39 is 0 Å². The molecule has 1 N–H and O–H groups in total. The van der Waals surface area contributed by atoms with Gasteiger partial charge in [-0.1, -0.05) is 17.7 Å². The molecule has 2 atom stereocenters. The van der Waals surface area contributed by atoms with E-state index >= 15 is 0 Å². The van der Waals surface area contributed by atoms with Crippen molar-refractivity contribution in [3.8, 4) is 0 Å². The van der Waals surface area contributed by atoms with E-state index in [-0.39, 0.29) is 11.9 Å². The van der Waals surface area contributed by atoms with Crippen LogP contribution in [0, 0.1) is 6.92 Å². The second kappa shape index (κ2) is 6.40. The lowest BCUT2D eigenvalue weighted by atomic mass is 9.98. The quantitative estimate of drug-likeness (QED) is 0.940. The van der Waals surface area contributed by atoms with E-state index in [0.717, 1.165) is 44.0 Å². The molecule has 24 heavy (non-hydrogen) atoms. The predicted molar refractivity (Wildman–Crippen MR) is 94.1 cm³/mol. The Labute approximate surface area is 142 Å². The molecule has 1 fully saturated rings. The Morgan fingerprint density at radius 2 is 2.04 bits per heavy atom. The van der Waals surface area contributed by atoms with Gasteiger partial charge in [-0.15, -0.1) is 0 Å². The highest BCUT2D eigenvalue weighted by Crippen LogP contribution is 2.26.